The van der Waals surface area contributed by atoms with Crippen molar-refractivity contribution in [2.75, 3.05) is 25.7 Å². The molecule has 3 heterocycles. The molecule has 2 unspecified atom stereocenters. The molecule has 2 atom stereocenters. The molecule has 0 bridgehead atoms. The van der Waals surface area contributed by atoms with Crippen LogP contribution in [0.5, 0.6) is 11.5 Å². The maximum absolute atomic E-state index is 13.0. The summed E-state index contributed by atoms with van der Waals surface area (Å²) in [5.41, 5.74) is 3.01. The Morgan fingerprint density at radius 3 is 2.20 bits per heavy atom. The van der Waals surface area contributed by atoms with Crippen LogP contribution in [0.4, 0.5) is 5.69 Å². The number of hydrogen-bond acceptors (Lipinski definition) is 11. The van der Waals surface area contributed by atoms with Crippen molar-refractivity contribution in [3.63, 3.8) is 0 Å². The second-order valence-corrected chi connectivity index (χ2v) is 23.8. The van der Waals surface area contributed by atoms with E-state index in [0.717, 1.165) is 55.4 Å². The average molecular weight is 908 g/mol. The number of hydrogen-bond donors (Lipinski definition) is 1. The van der Waals surface area contributed by atoms with Gasteiger partial charge in [-0.05, 0) is 122 Å². The van der Waals surface area contributed by atoms with Gasteiger partial charge in [0.15, 0.2) is 25.9 Å². The number of ketones is 2. The quantitative estimate of drug-likeness (QED) is 0.0702. The molecule has 4 aliphatic rings. The molecule has 4 aromatic rings. The van der Waals surface area contributed by atoms with Gasteiger partial charge in [0.25, 0.3) is 0 Å². The highest BCUT2D eigenvalue weighted by Gasteiger charge is 2.51. The number of carboxylic acid groups (broad SMARTS) is 1. The fourth-order valence-electron chi connectivity index (χ4n) is 7.79. The number of halogens is 1. The van der Waals surface area contributed by atoms with Gasteiger partial charge in [0, 0.05) is 33.6 Å². The van der Waals surface area contributed by atoms with Crippen molar-refractivity contribution in [3.05, 3.63) is 72.8 Å². The summed E-state index contributed by atoms with van der Waals surface area (Å²) in [6.07, 6.45) is 8.42. The SMILES string of the molecule is CCOC(=O)C1C(=O)C(=O)c2ccc(Br)c(OC)c2N1C1CC1.COc1c(-c2cc3c(s2)CCCC3O[Si](C)(C)C(C)(C)C)ccc2c(=O)c(C(=O)O)cn(C3CC3)c12. The highest BCUT2D eigenvalue weighted by molar-refractivity contribution is 9.10. The van der Waals surface area contributed by atoms with Crippen molar-refractivity contribution in [2.24, 2.45) is 0 Å². The first-order chi connectivity index (χ1) is 27.9. The normalized spacial score (nSPS) is 19.1. The van der Waals surface area contributed by atoms with Crippen LogP contribution >= 0.6 is 27.3 Å². The number of carbonyl (C=O) groups excluding carboxylic acids is 3. The molecule has 2 saturated carbocycles. The van der Waals surface area contributed by atoms with E-state index in [-0.39, 0.29) is 41.0 Å². The molecule has 0 spiro atoms. The minimum absolute atomic E-state index is 0.0309. The number of benzene rings is 2. The summed E-state index contributed by atoms with van der Waals surface area (Å²) in [7, 11) is 1.19. The zero-order valence-electron chi connectivity index (χ0n) is 34.7. The maximum Gasteiger partial charge on any atom is 0.341 e. The Kier molecular flexibility index (Phi) is 11.8. The van der Waals surface area contributed by atoms with Gasteiger partial charge < -0.3 is 33.2 Å². The number of aromatic carboxylic acids is 1. The number of carbonyl (C=O) groups is 4. The van der Waals surface area contributed by atoms with Crippen molar-refractivity contribution in [3.8, 4) is 21.9 Å². The second-order valence-electron chi connectivity index (χ2n) is 17.1. The molecule has 2 fully saturated rings. The summed E-state index contributed by atoms with van der Waals surface area (Å²) in [5, 5.41) is 10.1. The predicted octanol–water partition coefficient (Wildman–Crippen LogP) is 9.29. The topological polar surface area (TPSA) is 151 Å². The van der Waals surface area contributed by atoms with Gasteiger partial charge in [-0.15, -0.1) is 11.3 Å². The van der Waals surface area contributed by atoms with Crippen LogP contribution in [0.2, 0.25) is 18.1 Å². The third kappa shape index (κ3) is 7.91. The largest absolute Gasteiger partial charge is 0.494 e. The summed E-state index contributed by atoms with van der Waals surface area (Å²) < 4.78 is 25.9. The van der Waals surface area contributed by atoms with Crippen molar-refractivity contribution in [1.29, 1.82) is 0 Å². The standard InChI is InChI=1S/C28H35NO5SSi.C16H16BrNO5/c1-28(2,3)36(5,6)34-21-8-7-9-22-19(21)14-23(35-22)17-12-13-18-24(26(17)33-4)29(16-10-11-16)15-20(25(18)30)27(31)32;1-3-23-16(21)12-14(20)13(19)9-6-7-10(17)15(22-2)11(9)18(12)8-4-5-8/h12-16,21H,7-11H2,1-6H3,(H,31,32);6-8,12H,3-5H2,1-2H3. The van der Waals surface area contributed by atoms with E-state index in [1.54, 1.807) is 48.5 Å². The van der Waals surface area contributed by atoms with E-state index in [9.17, 15) is 29.1 Å². The fourth-order valence-corrected chi connectivity index (χ4v) is 10.9. The summed E-state index contributed by atoms with van der Waals surface area (Å²) in [6.45, 7) is 13.3. The van der Waals surface area contributed by atoms with Crippen LogP contribution in [0, 0.1) is 0 Å². The summed E-state index contributed by atoms with van der Waals surface area (Å²) in [4.78, 5) is 66.2. The number of thiophene rings is 1. The molecule has 8 rings (SSSR count). The maximum atomic E-state index is 13.0. The second kappa shape index (κ2) is 16.3. The highest BCUT2D eigenvalue weighted by atomic mass is 79.9. The van der Waals surface area contributed by atoms with Crippen LogP contribution in [-0.2, 0) is 25.2 Å². The predicted molar refractivity (Wildman–Crippen MR) is 233 cm³/mol. The zero-order chi connectivity index (χ0) is 42.7. The van der Waals surface area contributed by atoms with Gasteiger partial charge >= 0.3 is 11.9 Å². The Morgan fingerprint density at radius 1 is 0.949 bits per heavy atom. The lowest BCUT2D eigenvalue weighted by molar-refractivity contribution is -0.147. The third-order valence-electron chi connectivity index (χ3n) is 12.1. The van der Waals surface area contributed by atoms with Gasteiger partial charge in [-0.3, -0.25) is 14.4 Å². The number of ether oxygens (including phenoxy) is 3. The first-order valence-corrected chi connectivity index (χ1v) is 24.7. The molecule has 12 nitrogen and oxygen atoms in total. The van der Waals surface area contributed by atoms with E-state index < -0.39 is 43.3 Å². The minimum Gasteiger partial charge on any atom is -0.494 e. The van der Waals surface area contributed by atoms with E-state index in [1.807, 2.05) is 10.6 Å². The monoisotopic (exact) mass is 906 g/mol. The lowest BCUT2D eigenvalue weighted by atomic mass is 9.92. The van der Waals surface area contributed by atoms with Gasteiger partial charge in [0.1, 0.15) is 5.56 Å². The molecule has 0 amide bonds. The Bertz CT molecular complexity index is 2430. The molecular formula is C44H51BrN2O10SSi. The summed E-state index contributed by atoms with van der Waals surface area (Å²) in [5.74, 6) is -2.23. The van der Waals surface area contributed by atoms with Crippen molar-refractivity contribution >= 4 is 75.7 Å². The Morgan fingerprint density at radius 2 is 1.61 bits per heavy atom. The number of esters is 1. The lowest BCUT2D eigenvalue weighted by Crippen LogP contribution is -2.55. The molecule has 3 aliphatic carbocycles. The number of aromatic nitrogens is 1. The van der Waals surface area contributed by atoms with Crippen LogP contribution in [0.15, 0.2) is 45.8 Å². The molecular weight excluding hydrogens is 857 g/mol. The van der Waals surface area contributed by atoms with Crippen LogP contribution in [-0.4, -0.2) is 74.4 Å². The number of rotatable bonds is 10. The van der Waals surface area contributed by atoms with Crippen LogP contribution in [0.3, 0.4) is 0 Å². The highest BCUT2D eigenvalue weighted by Crippen LogP contribution is 2.50. The molecule has 0 saturated heterocycles. The van der Waals surface area contributed by atoms with E-state index in [4.69, 9.17) is 18.6 Å². The average Bonchev–Trinajstić information content (AvgIpc) is 4.13. The van der Waals surface area contributed by atoms with E-state index in [1.165, 1.54) is 23.7 Å². The Labute approximate surface area is 357 Å². The number of carboxylic acids is 1. The van der Waals surface area contributed by atoms with Gasteiger partial charge in [-0.1, -0.05) is 20.8 Å². The van der Waals surface area contributed by atoms with Crippen LogP contribution in [0.1, 0.15) is 110 Å². The van der Waals surface area contributed by atoms with Gasteiger partial charge in [-0.2, -0.15) is 0 Å². The van der Waals surface area contributed by atoms with Crippen molar-refractivity contribution in [1.82, 2.24) is 4.57 Å². The van der Waals surface area contributed by atoms with E-state index >= 15 is 0 Å². The molecule has 2 aromatic heterocycles. The third-order valence-corrected chi connectivity index (χ3v) is 18.4. The van der Waals surface area contributed by atoms with Gasteiger partial charge in [-0.25, -0.2) is 9.59 Å². The molecule has 59 heavy (non-hydrogen) atoms. The molecule has 1 aliphatic heterocycles. The number of Topliss-reactive ketones (excluding diaryl/α,β-unsaturated/α-hetero) is 2. The minimum atomic E-state index is -1.93. The Hall–Kier alpha value is -4.31. The first kappa shape index (κ1) is 42.8. The van der Waals surface area contributed by atoms with Gasteiger partial charge in [0.05, 0.1) is 53.6 Å². The van der Waals surface area contributed by atoms with Crippen molar-refractivity contribution < 1.29 is 42.9 Å². The number of fused-ring (bicyclic) bond motifs is 3. The molecule has 314 valence electrons. The van der Waals surface area contributed by atoms with Crippen molar-refractivity contribution in [2.45, 2.75) is 115 Å². The lowest BCUT2D eigenvalue weighted by Gasteiger charge is -2.40. The summed E-state index contributed by atoms with van der Waals surface area (Å²) in [6, 6.07) is 8.17. The van der Waals surface area contributed by atoms with E-state index in [0.29, 0.717) is 32.6 Å². The number of anilines is 1. The Balaban J connectivity index is 0.000000198. The molecule has 2 aromatic carbocycles. The number of nitrogens with zero attached hydrogens (tertiary/aromatic N) is 2. The zero-order valence-corrected chi connectivity index (χ0v) is 38.1. The number of methoxy groups -OCH3 is 2. The number of pyridine rings is 1. The first-order valence-electron chi connectivity index (χ1n) is 20.1. The molecule has 1 N–H and O–H groups in total. The fraction of sp³-hybridized carbons (Fsp3) is 0.477. The smallest absolute Gasteiger partial charge is 0.341 e. The van der Waals surface area contributed by atoms with Crippen LogP contribution < -0.4 is 19.8 Å². The van der Waals surface area contributed by atoms with E-state index in [2.05, 4.69) is 55.9 Å². The molecule has 15 heteroatoms. The van der Waals surface area contributed by atoms with Gasteiger partial charge in [0.2, 0.25) is 17.0 Å². The number of aryl methyl sites for hydroxylation is 1. The summed E-state index contributed by atoms with van der Waals surface area (Å²) >= 11 is 5.17. The van der Waals surface area contributed by atoms with Crippen LogP contribution in [0.25, 0.3) is 21.3 Å². The molecule has 0 radical (unpaired) electrons.